The molecule has 0 aromatic rings. The molecule has 0 aliphatic carbocycles. The van der Waals surface area contributed by atoms with E-state index >= 15 is 0 Å². The highest BCUT2D eigenvalue weighted by atomic mass is 32.1. The van der Waals surface area contributed by atoms with Crippen LogP contribution in [0.4, 0.5) is 0 Å². The molecular formula is C3H7OS. The summed E-state index contributed by atoms with van der Waals surface area (Å²) in [4.78, 5) is 0. The van der Waals surface area contributed by atoms with Gasteiger partial charge in [0.15, 0.2) is 0 Å². The van der Waals surface area contributed by atoms with Crippen LogP contribution in [0.15, 0.2) is 0 Å². The Morgan fingerprint density at radius 1 is 2.00 bits per heavy atom. The van der Waals surface area contributed by atoms with Crippen molar-refractivity contribution in [2.24, 2.45) is 0 Å². The third kappa shape index (κ3) is 4.31. The first-order valence-electron chi connectivity index (χ1n) is 1.39. The highest BCUT2D eigenvalue weighted by molar-refractivity contribution is 7.81. The number of aliphatic hydroxyl groups excluding tert-OH is 1. The maximum atomic E-state index is 8.00. The summed E-state index contributed by atoms with van der Waals surface area (Å²) in [5.41, 5.74) is 0. The molecular weight excluding hydrogens is 84.1 g/mol. The Morgan fingerprint density at radius 3 is 2.20 bits per heavy atom. The quantitative estimate of drug-likeness (QED) is 0.439. The van der Waals surface area contributed by atoms with Gasteiger partial charge in [-0.05, 0) is 6.92 Å². The predicted molar refractivity (Wildman–Crippen MR) is 25.2 cm³/mol. The van der Waals surface area contributed by atoms with Gasteiger partial charge in [0.05, 0.1) is 6.61 Å². The van der Waals surface area contributed by atoms with Crippen LogP contribution in [0.3, 0.4) is 0 Å². The van der Waals surface area contributed by atoms with Crippen LogP contribution in [0.5, 0.6) is 0 Å². The molecule has 0 rings (SSSR count). The molecule has 0 aliphatic heterocycles. The van der Waals surface area contributed by atoms with Crippen molar-refractivity contribution >= 4 is 12.6 Å². The Morgan fingerprint density at radius 2 is 2.20 bits per heavy atom. The Labute approximate surface area is 37.4 Å². The molecule has 0 aromatic heterocycles. The lowest BCUT2D eigenvalue weighted by molar-refractivity contribution is 0.307. The summed E-state index contributed by atoms with van der Waals surface area (Å²) in [6.07, 6.45) is 0. The Hall–Kier alpha value is 0.310. The Bertz CT molecular complexity index is 20.9. The van der Waals surface area contributed by atoms with Crippen LogP contribution in [-0.4, -0.2) is 17.0 Å². The van der Waals surface area contributed by atoms with Crippen LogP contribution >= 0.6 is 12.6 Å². The lowest BCUT2D eigenvalue weighted by Gasteiger charge is -1.89. The van der Waals surface area contributed by atoms with Gasteiger partial charge in [0, 0.05) is 5.25 Å². The molecule has 0 aromatic carbocycles. The summed E-state index contributed by atoms with van der Waals surface area (Å²) in [5, 5.41) is 7.89. The van der Waals surface area contributed by atoms with Gasteiger partial charge >= 0.3 is 0 Å². The van der Waals surface area contributed by atoms with Crippen LogP contribution in [0.2, 0.25) is 0 Å². The van der Waals surface area contributed by atoms with Gasteiger partial charge in [0.2, 0.25) is 0 Å². The van der Waals surface area contributed by atoms with Gasteiger partial charge in [-0.1, -0.05) is 0 Å². The third-order valence-corrected chi connectivity index (χ3v) is 0.374. The van der Waals surface area contributed by atoms with E-state index in [4.69, 9.17) is 5.11 Å². The van der Waals surface area contributed by atoms with E-state index in [-0.39, 0.29) is 11.9 Å². The minimum atomic E-state index is -0.116. The molecule has 0 spiro atoms. The van der Waals surface area contributed by atoms with E-state index in [2.05, 4.69) is 19.6 Å². The van der Waals surface area contributed by atoms with Gasteiger partial charge in [-0.3, -0.25) is 0 Å². The molecule has 0 bridgehead atoms. The predicted octanol–water partition coefficient (Wildman–Crippen LogP) is 0.111. The zero-order valence-corrected chi connectivity index (χ0v) is 3.78. The second kappa shape index (κ2) is 2.54. The topological polar surface area (TPSA) is 20.2 Å². The van der Waals surface area contributed by atoms with E-state index in [1.54, 1.807) is 0 Å². The van der Waals surface area contributed by atoms with Crippen molar-refractivity contribution < 1.29 is 5.11 Å². The van der Waals surface area contributed by atoms with Crippen molar-refractivity contribution in [3.05, 3.63) is 6.92 Å². The number of hydrogen-bond acceptors (Lipinski definition) is 2. The van der Waals surface area contributed by atoms with E-state index in [0.29, 0.717) is 0 Å². The van der Waals surface area contributed by atoms with E-state index in [1.807, 2.05) is 0 Å². The first kappa shape index (κ1) is 5.31. The fourth-order valence-electron chi connectivity index (χ4n) is 0. The molecule has 1 unspecified atom stereocenters. The fourth-order valence-corrected chi connectivity index (χ4v) is 0. The van der Waals surface area contributed by atoms with Gasteiger partial charge in [0.25, 0.3) is 0 Å². The molecule has 0 fully saturated rings. The van der Waals surface area contributed by atoms with Crippen LogP contribution < -0.4 is 0 Å². The number of hydrogen-bond donors (Lipinski definition) is 2. The first-order chi connectivity index (χ1) is 2.27. The second-order valence-electron chi connectivity index (χ2n) is 0.836. The summed E-state index contributed by atoms with van der Waals surface area (Å²) >= 11 is 3.74. The summed E-state index contributed by atoms with van der Waals surface area (Å²) in [7, 11) is 0. The lowest BCUT2D eigenvalue weighted by Crippen LogP contribution is -1.95. The Balaban J connectivity index is 2.54. The van der Waals surface area contributed by atoms with Gasteiger partial charge in [-0.25, -0.2) is 0 Å². The molecule has 0 aliphatic rings. The van der Waals surface area contributed by atoms with E-state index in [9.17, 15) is 0 Å². The highest BCUT2D eigenvalue weighted by Gasteiger charge is 1.82. The molecule has 0 saturated carbocycles. The van der Waals surface area contributed by atoms with Crippen molar-refractivity contribution in [1.82, 2.24) is 0 Å². The smallest absolute Gasteiger partial charge is 0.0547 e. The molecule has 0 heterocycles. The van der Waals surface area contributed by atoms with Crippen molar-refractivity contribution in [2.45, 2.75) is 5.25 Å². The summed E-state index contributed by atoms with van der Waals surface area (Å²) in [5.74, 6) is 0. The van der Waals surface area contributed by atoms with Gasteiger partial charge in [0.1, 0.15) is 0 Å². The minimum Gasteiger partial charge on any atom is -0.395 e. The summed E-state index contributed by atoms with van der Waals surface area (Å²) in [6, 6.07) is 0. The van der Waals surface area contributed by atoms with Crippen molar-refractivity contribution in [3.63, 3.8) is 0 Å². The largest absolute Gasteiger partial charge is 0.395 e. The lowest BCUT2D eigenvalue weighted by atomic mass is 10.5. The number of thiol groups is 1. The van der Waals surface area contributed by atoms with Crippen LogP contribution in [-0.2, 0) is 0 Å². The maximum Gasteiger partial charge on any atom is 0.0547 e. The summed E-state index contributed by atoms with van der Waals surface area (Å²) in [6.45, 7) is 3.43. The molecule has 1 N–H and O–H groups in total. The molecule has 5 heavy (non-hydrogen) atoms. The van der Waals surface area contributed by atoms with Crippen LogP contribution in [0.25, 0.3) is 0 Å². The maximum absolute atomic E-state index is 8.00. The number of aliphatic hydroxyl groups is 1. The zero-order valence-electron chi connectivity index (χ0n) is 2.89. The van der Waals surface area contributed by atoms with Gasteiger partial charge in [-0.2, -0.15) is 12.6 Å². The molecule has 2 heteroatoms. The van der Waals surface area contributed by atoms with Crippen molar-refractivity contribution in [2.75, 3.05) is 6.61 Å². The van der Waals surface area contributed by atoms with Gasteiger partial charge in [-0.15, -0.1) is 0 Å². The van der Waals surface area contributed by atoms with Crippen molar-refractivity contribution in [3.8, 4) is 0 Å². The van der Waals surface area contributed by atoms with E-state index < -0.39 is 0 Å². The molecule has 31 valence electrons. The SMILES string of the molecule is [CH2]C(S)CO. The van der Waals surface area contributed by atoms with Gasteiger partial charge < -0.3 is 5.11 Å². The molecule has 1 radical (unpaired) electrons. The van der Waals surface area contributed by atoms with Crippen LogP contribution in [0, 0.1) is 6.92 Å². The number of rotatable bonds is 1. The standard InChI is InChI=1S/C3H7OS/c1-3(5)2-4/h3-5H,1-2H2. The molecule has 1 atom stereocenters. The van der Waals surface area contributed by atoms with Crippen molar-refractivity contribution in [1.29, 1.82) is 0 Å². The second-order valence-corrected chi connectivity index (χ2v) is 1.57. The molecule has 0 amide bonds. The average molecular weight is 91.2 g/mol. The molecule has 1 nitrogen and oxygen atoms in total. The fraction of sp³-hybridized carbons (Fsp3) is 0.667. The minimum absolute atomic E-state index is 0.0586. The highest BCUT2D eigenvalue weighted by Crippen LogP contribution is 1.84. The average Bonchev–Trinajstić information content (AvgIpc) is 1.38. The van der Waals surface area contributed by atoms with Crippen LogP contribution in [0.1, 0.15) is 0 Å². The molecule has 0 saturated heterocycles. The summed E-state index contributed by atoms with van der Waals surface area (Å²) < 4.78 is 0. The zero-order chi connectivity index (χ0) is 4.28. The third-order valence-electron chi connectivity index (χ3n) is 0.211. The van der Waals surface area contributed by atoms with E-state index in [0.717, 1.165) is 0 Å². The monoisotopic (exact) mass is 91.0 g/mol. The first-order valence-corrected chi connectivity index (χ1v) is 1.91. The van der Waals surface area contributed by atoms with E-state index in [1.165, 1.54) is 0 Å². The normalized spacial score (nSPS) is 15.0. The Kier molecular flexibility index (Phi) is 2.70.